The van der Waals surface area contributed by atoms with Gasteiger partial charge in [0.05, 0.1) is 7.11 Å². The van der Waals surface area contributed by atoms with Crippen LogP contribution in [0.5, 0.6) is 5.75 Å². The topological polar surface area (TPSA) is 66.8 Å². The van der Waals surface area contributed by atoms with Gasteiger partial charge >= 0.3 is 5.97 Å². The maximum absolute atomic E-state index is 11.3. The van der Waals surface area contributed by atoms with Crippen molar-refractivity contribution in [3.63, 3.8) is 0 Å². The Balaban J connectivity index is 3.10. The van der Waals surface area contributed by atoms with Crippen molar-refractivity contribution in [3.05, 3.63) is 29.8 Å². The first-order valence-corrected chi connectivity index (χ1v) is 5.60. The molecular weight excluding hydrogens is 234 g/mol. The van der Waals surface area contributed by atoms with Crippen molar-refractivity contribution in [3.8, 4) is 5.75 Å². The first-order valence-electron chi connectivity index (χ1n) is 5.60. The number of hydrogen-bond acceptors (Lipinski definition) is 3. The lowest BCUT2D eigenvalue weighted by atomic mass is 10.0. The third kappa shape index (κ3) is 3.00. The second-order valence-corrected chi connectivity index (χ2v) is 4.16. The smallest absolute Gasteiger partial charge is 0.331 e. The van der Waals surface area contributed by atoms with Crippen molar-refractivity contribution >= 4 is 12.4 Å². The molecule has 0 aliphatic carbocycles. The fraction of sp³-hybridized carbons (Fsp3) is 0.385. The van der Waals surface area contributed by atoms with Gasteiger partial charge in [-0.05, 0) is 31.5 Å². The van der Waals surface area contributed by atoms with Crippen LogP contribution in [0.4, 0.5) is 0 Å². The summed E-state index contributed by atoms with van der Waals surface area (Å²) in [6.45, 7) is 3.54. The summed E-state index contributed by atoms with van der Waals surface area (Å²) in [5.41, 5.74) is 0.545. The van der Waals surface area contributed by atoms with Gasteiger partial charge in [-0.2, -0.15) is 0 Å². The molecule has 1 atom stereocenters. The van der Waals surface area contributed by atoms with E-state index in [4.69, 9.17) is 4.74 Å². The van der Waals surface area contributed by atoms with Crippen molar-refractivity contribution in [1.29, 1.82) is 0 Å². The Morgan fingerprint density at radius 3 is 2.22 bits per heavy atom. The molecule has 1 amide bonds. The zero-order valence-electron chi connectivity index (χ0n) is 10.7. The average molecular weight is 251 g/mol. The summed E-state index contributed by atoms with van der Waals surface area (Å²) in [5.74, 6) is -0.411. The fourth-order valence-electron chi connectivity index (χ4n) is 1.71. The van der Waals surface area contributed by atoms with Crippen LogP contribution in [0.3, 0.4) is 0 Å². The lowest BCUT2D eigenvalue weighted by Gasteiger charge is -2.28. The summed E-state index contributed by atoms with van der Waals surface area (Å²) in [4.78, 5) is 23.6. The molecule has 0 heterocycles. The van der Waals surface area contributed by atoms with Crippen LogP contribution >= 0.6 is 0 Å². The molecular formula is C13H17NO4. The van der Waals surface area contributed by atoms with E-state index in [2.05, 4.69) is 0 Å². The molecule has 1 unspecified atom stereocenters. The van der Waals surface area contributed by atoms with Gasteiger partial charge in [0.15, 0.2) is 6.04 Å². The van der Waals surface area contributed by atoms with Gasteiger partial charge < -0.3 is 14.7 Å². The Labute approximate surface area is 106 Å². The van der Waals surface area contributed by atoms with E-state index >= 15 is 0 Å². The molecule has 0 saturated heterocycles. The predicted molar refractivity (Wildman–Crippen MR) is 66.4 cm³/mol. The standard InChI is InChI=1S/C13H17NO4/c1-9(2)14(8-15)12(13(16)17)10-4-6-11(18-3)7-5-10/h4-9,12H,1-3H3,(H,16,17). The van der Waals surface area contributed by atoms with Crippen LogP contribution in [0.1, 0.15) is 25.5 Å². The molecule has 1 aromatic carbocycles. The molecule has 0 spiro atoms. The number of nitrogens with zero attached hydrogens (tertiary/aromatic N) is 1. The highest BCUT2D eigenvalue weighted by molar-refractivity contribution is 5.78. The molecule has 0 bridgehead atoms. The first-order chi connectivity index (χ1) is 8.51. The summed E-state index contributed by atoms with van der Waals surface area (Å²) in [7, 11) is 1.54. The molecule has 1 aromatic rings. The van der Waals surface area contributed by atoms with E-state index in [1.165, 1.54) is 12.0 Å². The van der Waals surface area contributed by atoms with Gasteiger partial charge in [-0.1, -0.05) is 12.1 Å². The number of aliphatic carboxylic acids is 1. The predicted octanol–water partition coefficient (Wildman–Crippen LogP) is 1.69. The van der Waals surface area contributed by atoms with Crippen LogP contribution in [0.2, 0.25) is 0 Å². The van der Waals surface area contributed by atoms with E-state index in [1.54, 1.807) is 38.1 Å². The minimum absolute atomic E-state index is 0.189. The van der Waals surface area contributed by atoms with Crippen molar-refractivity contribution in [2.45, 2.75) is 25.9 Å². The molecule has 0 aliphatic heterocycles. The van der Waals surface area contributed by atoms with Crippen molar-refractivity contribution in [2.75, 3.05) is 7.11 Å². The Hall–Kier alpha value is -2.04. The highest BCUT2D eigenvalue weighted by atomic mass is 16.5. The molecule has 98 valence electrons. The number of carboxylic acids is 1. The molecule has 1 rings (SSSR count). The third-order valence-electron chi connectivity index (χ3n) is 2.68. The van der Waals surface area contributed by atoms with Gasteiger partial charge in [-0.3, -0.25) is 4.79 Å². The number of carbonyl (C=O) groups excluding carboxylic acids is 1. The summed E-state index contributed by atoms with van der Waals surface area (Å²) in [6, 6.07) is 5.48. The van der Waals surface area contributed by atoms with Crippen LogP contribution in [0.25, 0.3) is 0 Å². The number of carbonyl (C=O) groups is 2. The maximum Gasteiger partial charge on any atom is 0.331 e. The minimum atomic E-state index is -1.05. The summed E-state index contributed by atoms with van der Waals surface area (Å²) >= 11 is 0. The van der Waals surface area contributed by atoms with E-state index in [-0.39, 0.29) is 6.04 Å². The molecule has 1 N–H and O–H groups in total. The van der Waals surface area contributed by atoms with Crippen molar-refractivity contribution in [1.82, 2.24) is 4.90 Å². The quantitative estimate of drug-likeness (QED) is 0.781. The highest BCUT2D eigenvalue weighted by Crippen LogP contribution is 2.24. The number of hydrogen-bond donors (Lipinski definition) is 1. The highest BCUT2D eigenvalue weighted by Gasteiger charge is 2.28. The maximum atomic E-state index is 11.3. The zero-order chi connectivity index (χ0) is 13.7. The van der Waals surface area contributed by atoms with E-state index < -0.39 is 12.0 Å². The van der Waals surface area contributed by atoms with Crippen molar-refractivity contribution in [2.24, 2.45) is 0 Å². The van der Waals surface area contributed by atoms with Crippen LogP contribution in [0.15, 0.2) is 24.3 Å². The monoisotopic (exact) mass is 251 g/mol. The Morgan fingerprint density at radius 2 is 1.89 bits per heavy atom. The van der Waals surface area contributed by atoms with Crippen LogP contribution < -0.4 is 4.74 Å². The van der Waals surface area contributed by atoms with Crippen LogP contribution in [-0.4, -0.2) is 35.5 Å². The fourth-order valence-corrected chi connectivity index (χ4v) is 1.71. The first kappa shape index (κ1) is 14.0. The number of ether oxygens (including phenoxy) is 1. The number of benzene rings is 1. The van der Waals surface area contributed by atoms with E-state index in [0.717, 1.165) is 0 Å². The van der Waals surface area contributed by atoms with Crippen LogP contribution in [0, 0.1) is 0 Å². The molecule has 0 radical (unpaired) electrons. The number of rotatable bonds is 6. The Kier molecular flexibility index (Phi) is 4.71. The SMILES string of the molecule is COc1ccc(C(C(=O)O)N(C=O)C(C)C)cc1. The summed E-state index contributed by atoms with van der Waals surface area (Å²) in [5, 5.41) is 9.27. The molecule has 0 aromatic heterocycles. The molecule has 5 nitrogen and oxygen atoms in total. The van der Waals surface area contributed by atoms with Gasteiger partial charge in [-0.25, -0.2) is 4.79 Å². The molecule has 5 heteroatoms. The van der Waals surface area contributed by atoms with Crippen LogP contribution in [-0.2, 0) is 9.59 Å². The molecule has 0 aliphatic rings. The van der Waals surface area contributed by atoms with Gasteiger partial charge in [0.25, 0.3) is 0 Å². The van der Waals surface area contributed by atoms with Gasteiger partial charge in [0, 0.05) is 6.04 Å². The average Bonchev–Trinajstić information content (AvgIpc) is 2.35. The molecule has 18 heavy (non-hydrogen) atoms. The normalized spacial score (nSPS) is 12.0. The number of amides is 1. The van der Waals surface area contributed by atoms with E-state index in [9.17, 15) is 14.7 Å². The largest absolute Gasteiger partial charge is 0.497 e. The number of methoxy groups -OCH3 is 1. The summed E-state index contributed by atoms with van der Waals surface area (Å²) in [6.07, 6.45) is 0.563. The van der Waals surface area contributed by atoms with Gasteiger partial charge in [-0.15, -0.1) is 0 Å². The second-order valence-electron chi connectivity index (χ2n) is 4.16. The van der Waals surface area contributed by atoms with E-state index in [1.807, 2.05) is 0 Å². The lowest BCUT2D eigenvalue weighted by Crippen LogP contribution is -2.38. The Bertz CT molecular complexity index is 414. The second kappa shape index (κ2) is 6.05. The van der Waals surface area contributed by atoms with Crippen molar-refractivity contribution < 1.29 is 19.4 Å². The lowest BCUT2D eigenvalue weighted by molar-refractivity contribution is -0.148. The number of carboxylic acid groups (broad SMARTS) is 1. The third-order valence-corrected chi connectivity index (χ3v) is 2.68. The van der Waals surface area contributed by atoms with E-state index in [0.29, 0.717) is 17.7 Å². The van der Waals surface area contributed by atoms with Gasteiger partial charge in [0.2, 0.25) is 6.41 Å². The molecule has 0 fully saturated rings. The van der Waals surface area contributed by atoms with Gasteiger partial charge in [0.1, 0.15) is 5.75 Å². The zero-order valence-corrected chi connectivity index (χ0v) is 10.7. The Morgan fingerprint density at radius 1 is 1.33 bits per heavy atom. The summed E-state index contributed by atoms with van der Waals surface area (Å²) < 4.78 is 5.01. The molecule has 0 saturated carbocycles. The minimum Gasteiger partial charge on any atom is -0.497 e.